The highest BCUT2D eigenvalue weighted by molar-refractivity contribution is 7.91. The Bertz CT molecular complexity index is 1360. The molecule has 1 fully saturated rings. The topological polar surface area (TPSA) is 133 Å². The molecular formula is C28H29Cl2N3O6S. The van der Waals surface area contributed by atoms with E-state index in [1.165, 1.54) is 12.1 Å². The van der Waals surface area contributed by atoms with Gasteiger partial charge in [-0.25, -0.2) is 9.59 Å². The van der Waals surface area contributed by atoms with Crippen LogP contribution in [0.1, 0.15) is 24.3 Å². The van der Waals surface area contributed by atoms with Crippen molar-refractivity contribution < 1.29 is 29.1 Å². The monoisotopic (exact) mass is 605 g/mol. The third-order valence-corrected chi connectivity index (χ3v) is 9.14. The average molecular weight is 607 g/mol. The largest absolute Gasteiger partial charge is 0.611 e. The molecule has 0 aromatic heterocycles. The lowest BCUT2D eigenvalue weighted by Crippen LogP contribution is -2.39. The number of hydrogen-bond acceptors (Lipinski definition) is 6. The van der Waals surface area contributed by atoms with E-state index in [1.54, 1.807) is 41.3 Å². The minimum atomic E-state index is -1.68. The second-order valence-electron chi connectivity index (χ2n) is 9.81. The van der Waals surface area contributed by atoms with Gasteiger partial charge in [0.2, 0.25) is 5.91 Å². The number of dihydropyridines is 1. The van der Waals surface area contributed by atoms with Crippen molar-refractivity contribution in [3.8, 4) is 0 Å². The number of nitrogens with one attached hydrogen (secondary N) is 1. The van der Waals surface area contributed by atoms with Crippen molar-refractivity contribution in [3.63, 3.8) is 0 Å². The van der Waals surface area contributed by atoms with Crippen LogP contribution in [0.4, 0.5) is 0 Å². The molecule has 4 rings (SSSR count). The highest BCUT2D eigenvalue weighted by atomic mass is 35.5. The first-order valence-electron chi connectivity index (χ1n) is 12.5. The van der Waals surface area contributed by atoms with Crippen LogP contribution in [0.15, 0.2) is 76.0 Å². The van der Waals surface area contributed by atoms with Gasteiger partial charge in [-0.3, -0.25) is 4.79 Å². The summed E-state index contributed by atoms with van der Waals surface area (Å²) in [6.07, 6.45) is 0.452. The number of rotatable bonds is 9. The smallest absolute Gasteiger partial charge is 0.334 e. The van der Waals surface area contributed by atoms with Gasteiger partial charge in [-0.15, -0.1) is 0 Å². The number of aliphatic carboxylic acids is 2. The van der Waals surface area contributed by atoms with Crippen molar-refractivity contribution in [2.75, 3.05) is 32.9 Å². The Morgan fingerprint density at radius 3 is 2.15 bits per heavy atom. The van der Waals surface area contributed by atoms with Gasteiger partial charge in [0.25, 0.3) is 0 Å². The molecule has 2 aliphatic rings. The van der Waals surface area contributed by atoms with Gasteiger partial charge in [-0.1, -0.05) is 47.5 Å². The van der Waals surface area contributed by atoms with Crippen LogP contribution in [0.2, 0.25) is 10.0 Å². The van der Waals surface area contributed by atoms with E-state index < -0.39 is 29.0 Å². The number of carbonyl (C=O) groups is 3. The highest BCUT2D eigenvalue weighted by Crippen LogP contribution is 2.45. The Morgan fingerprint density at radius 1 is 1.00 bits per heavy atom. The maximum atomic E-state index is 13.4. The maximum Gasteiger partial charge on any atom is 0.334 e. The van der Waals surface area contributed by atoms with Gasteiger partial charge in [0.15, 0.2) is 10.6 Å². The fraction of sp³-hybridized carbons (Fsp3) is 0.321. The summed E-state index contributed by atoms with van der Waals surface area (Å²) in [5.74, 6) is -4.84. The molecule has 0 radical (unpaired) electrons. The molecule has 212 valence electrons. The summed E-state index contributed by atoms with van der Waals surface area (Å²) in [5.41, 5.74) is -0.572. The van der Waals surface area contributed by atoms with E-state index in [9.17, 15) is 29.1 Å². The molecule has 0 bridgehead atoms. The molecule has 0 spiro atoms. The minimum absolute atomic E-state index is 0.0110. The number of likely N-dealkylation sites (tertiary alicyclic amines) is 1. The lowest BCUT2D eigenvalue weighted by atomic mass is 9.79. The molecule has 2 aliphatic heterocycles. The van der Waals surface area contributed by atoms with Crippen molar-refractivity contribution >= 4 is 52.2 Å². The van der Waals surface area contributed by atoms with Crippen LogP contribution in [0.3, 0.4) is 0 Å². The van der Waals surface area contributed by atoms with E-state index in [0.29, 0.717) is 18.0 Å². The first kappa shape index (κ1) is 30.0. The van der Waals surface area contributed by atoms with E-state index in [4.69, 9.17) is 23.2 Å². The number of benzene rings is 2. The van der Waals surface area contributed by atoms with Gasteiger partial charge in [0.05, 0.1) is 29.2 Å². The molecular weight excluding hydrogens is 577 g/mol. The fourth-order valence-electron chi connectivity index (χ4n) is 5.08. The van der Waals surface area contributed by atoms with Crippen LogP contribution >= 0.6 is 23.2 Å². The van der Waals surface area contributed by atoms with Gasteiger partial charge in [0, 0.05) is 40.4 Å². The average Bonchev–Trinajstić information content (AvgIpc) is 3.40. The SMILES string of the molecule is CN(C)[C@H]1CCN(C(=O)CC2=C(C(=O)O)C(c3c(Cl)cccc3Cl)C(C(=O)O)=C(C[S+]([O-])c3ccccc3)N2)C1. The summed E-state index contributed by atoms with van der Waals surface area (Å²) < 4.78 is 13.3. The third-order valence-electron chi connectivity index (χ3n) is 7.13. The lowest BCUT2D eigenvalue weighted by molar-refractivity contribution is -0.133. The lowest BCUT2D eigenvalue weighted by Gasteiger charge is -2.32. The van der Waals surface area contributed by atoms with E-state index >= 15 is 0 Å². The van der Waals surface area contributed by atoms with Gasteiger partial charge in [-0.2, -0.15) is 0 Å². The maximum absolute atomic E-state index is 13.4. The zero-order chi connectivity index (χ0) is 29.1. The fourth-order valence-corrected chi connectivity index (χ4v) is 6.82. The van der Waals surface area contributed by atoms with Gasteiger partial charge >= 0.3 is 11.9 Å². The van der Waals surface area contributed by atoms with Crippen molar-refractivity contribution in [3.05, 3.63) is 86.7 Å². The molecule has 2 aromatic rings. The molecule has 2 aromatic carbocycles. The summed E-state index contributed by atoms with van der Waals surface area (Å²) in [6.45, 7) is 1.00. The Morgan fingerprint density at radius 2 is 1.60 bits per heavy atom. The molecule has 3 atom stereocenters. The van der Waals surface area contributed by atoms with Gasteiger partial charge in [0.1, 0.15) is 0 Å². The number of hydrogen-bond donors (Lipinski definition) is 3. The Hall–Kier alpha value is -3.02. The van der Waals surface area contributed by atoms with Crippen LogP contribution in [0.5, 0.6) is 0 Å². The predicted octanol–water partition coefficient (Wildman–Crippen LogP) is 3.72. The van der Waals surface area contributed by atoms with Crippen molar-refractivity contribution in [1.82, 2.24) is 15.1 Å². The summed E-state index contributed by atoms with van der Waals surface area (Å²) in [6, 6.07) is 13.2. The number of nitrogens with zero attached hydrogens (tertiary/aromatic N) is 2. The number of carboxylic acids is 2. The van der Waals surface area contributed by atoms with Crippen molar-refractivity contribution in [2.24, 2.45) is 0 Å². The summed E-state index contributed by atoms with van der Waals surface area (Å²) in [4.78, 5) is 43.0. The quantitative estimate of drug-likeness (QED) is 0.368. The Kier molecular flexibility index (Phi) is 9.48. The second kappa shape index (κ2) is 12.7. The normalized spacial score (nSPS) is 20.1. The minimum Gasteiger partial charge on any atom is -0.611 e. The molecule has 40 heavy (non-hydrogen) atoms. The van der Waals surface area contributed by atoms with Gasteiger partial charge < -0.3 is 29.9 Å². The zero-order valence-electron chi connectivity index (χ0n) is 21.9. The summed E-state index contributed by atoms with van der Waals surface area (Å²) >= 11 is 11.3. The molecule has 1 saturated heterocycles. The zero-order valence-corrected chi connectivity index (χ0v) is 24.2. The molecule has 9 nitrogen and oxygen atoms in total. The molecule has 1 amide bonds. The summed E-state index contributed by atoms with van der Waals surface area (Å²) in [5, 5.41) is 23.8. The first-order chi connectivity index (χ1) is 19.0. The van der Waals surface area contributed by atoms with Crippen LogP contribution in [-0.2, 0) is 25.6 Å². The van der Waals surface area contributed by atoms with E-state index in [-0.39, 0.29) is 62.3 Å². The number of halogens is 2. The molecule has 2 unspecified atom stereocenters. The molecule has 2 heterocycles. The summed E-state index contributed by atoms with van der Waals surface area (Å²) in [7, 11) is 3.86. The first-order valence-corrected chi connectivity index (χ1v) is 14.6. The van der Waals surface area contributed by atoms with E-state index in [0.717, 1.165) is 6.42 Å². The number of likely N-dealkylation sites (N-methyl/N-ethyl adjacent to an activating group) is 1. The Balaban J connectivity index is 1.83. The van der Waals surface area contributed by atoms with Gasteiger partial charge in [-0.05, 0) is 56.0 Å². The number of carbonyl (C=O) groups excluding carboxylic acids is 1. The predicted molar refractivity (Wildman–Crippen MR) is 153 cm³/mol. The second-order valence-corrected chi connectivity index (χ2v) is 12.1. The van der Waals surface area contributed by atoms with E-state index in [2.05, 4.69) is 5.32 Å². The van der Waals surface area contributed by atoms with E-state index in [1.807, 2.05) is 19.0 Å². The molecule has 0 saturated carbocycles. The number of amides is 1. The number of carboxylic acid groups (broad SMARTS) is 2. The highest BCUT2D eigenvalue weighted by Gasteiger charge is 2.42. The van der Waals surface area contributed by atoms with Crippen LogP contribution in [-0.4, -0.2) is 81.4 Å². The molecule has 0 aliphatic carbocycles. The van der Waals surface area contributed by atoms with Crippen LogP contribution < -0.4 is 5.32 Å². The molecule has 12 heteroatoms. The van der Waals surface area contributed by atoms with Crippen molar-refractivity contribution in [1.29, 1.82) is 0 Å². The third kappa shape index (κ3) is 6.31. The standard InChI is InChI=1S/C28H29Cl2N3O6S/c1-32(2)16-11-12-33(14-16)22(34)13-20-24(27(35)36)26(23-18(29)9-6-10-19(23)30)25(28(37)38)21(31-20)15-40(39)17-7-4-3-5-8-17/h3-10,16,26,31H,11-15H2,1-2H3,(H,35,36)(H,37,38)/t16-,26?,40?/m0/s1. The van der Waals surface area contributed by atoms with Crippen molar-refractivity contribution in [2.45, 2.75) is 29.7 Å². The van der Waals surface area contributed by atoms with Crippen LogP contribution in [0, 0.1) is 0 Å². The Labute approximate surface area is 245 Å². The van der Waals surface area contributed by atoms with Crippen LogP contribution in [0.25, 0.3) is 0 Å². The molecule has 3 N–H and O–H groups in total.